The monoisotopic (exact) mass is 347 g/mol. The van der Waals surface area contributed by atoms with E-state index in [1.807, 2.05) is 30.3 Å². The third kappa shape index (κ3) is 5.77. The van der Waals surface area contributed by atoms with E-state index in [0.717, 1.165) is 18.4 Å². The Morgan fingerprint density at radius 2 is 1.96 bits per heavy atom. The van der Waals surface area contributed by atoms with Gasteiger partial charge in [0.15, 0.2) is 0 Å². The van der Waals surface area contributed by atoms with Crippen LogP contribution in [0.2, 0.25) is 0 Å². The highest BCUT2D eigenvalue weighted by Gasteiger charge is 2.30. The molecule has 0 aliphatic carbocycles. The minimum atomic E-state index is -0.652. The number of carbonyl (C=O) groups excluding carboxylic acids is 3. The number of alkyl carbamates (subject to hydrolysis) is 1. The lowest BCUT2D eigenvalue weighted by atomic mass is 10.1. The van der Waals surface area contributed by atoms with Gasteiger partial charge in [0.05, 0.1) is 6.54 Å². The van der Waals surface area contributed by atoms with Crippen LogP contribution >= 0.6 is 0 Å². The molecule has 1 N–H and O–H groups in total. The van der Waals surface area contributed by atoms with Gasteiger partial charge >= 0.3 is 6.09 Å². The van der Waals surface area contributed by atoms with Gasteiger partial charge in [0.1, 0.15) is 12.6 Å². The highest BCUT2D eigenvalue weighted by Crippen LogP contribution is 2.13. The molecule has 136 valence electrons. The summed E-state index contributed by atoms with van der Waals surface area (Å²) in [5.74, 6) is -0.370. The summed E-state index contributed by atoms with van der Waals surface area (Å²) in [6.45, 7) is 0.704. The normalized spacial score (nSPS) is 17.6. The Morgan fingerprint density at radius 3 is 2.64 bits per heavy atom. The van der Waals surface area contributed by atoms with Gasteiger partial charge in [-0.1, -0.05) is 30.3 Å². The van der Waals surface area contributed by atoms with Gasteiger partial charge in [-0.25, -0.2) is 4.79 Å². The minimum absolute atomic E-state index is 0.0308. The second kappa shape index (κ2) is 9.05. The van der Waals surface area contributed by atoms with E-state index in [0.29, 0.717) is 13.0 Å². The van der Waals surface area contributed by atoms with Crippen LogP contribution in [0.3, 0.4) is 0 Å². The fourth-order valence-electron chi connectivity index (χ4n) is 2.61. The van der Waals surface area contributed by atoms with Gasteiger partial charge in [0.25, 0.3) is 0 Å². The number of rotatable bonds is 5. The van der Waals surface area contributed by atoms with Crippen molar-refractivity contribution >= 4 is 17.9 Å². The van der Waals surface area contributed by atoms with Crippen LogP contribution in [0.1, 0.15) is 24.8 Å². The second-order valence-electron chi connectivity index (χ2n) is 6.30. The fraction of sp³-hybridized carbons (Fsp3) is 0.500. The fourth-order valence-corrected chi connectivity index (χ4v) is 2.61. The number of likely N-dealkylation sites (tertiary alicyclic amines) is 1. The number of nitrogens with zero attached hydrogens (tertiary/aromatic N) is 2. The van der Waals surface area contributed by atoms with Gasteiger partial charge in [-0.15, -0.1) is 0 Å². The largest absolute Gasteiger partial charge is 0.445 e. The number of hydrogen-bond acceptors (Lipinski definition) is 4. The maximum Gasteiger partial charge on any atom is 0.408 e. The number of likely N-dealkylation sites (N-methyl/N-ethyl adjacent to an activating group) is 1. The minimum Gasteiger partial charge on any atom is -0.445 e. The molecule has 1 aliphatic rings. The Bertz CT molecular complexity index is 604. The molecule has 1 unspecified atom stereocenters. The van der Waals surface area contributed by atoms with Crippen molar-refractivity contribution in [1.82, 2.24) is 15.1 Å². The Labute approximate surface area is 147 Å². The highest BCUT2D eigenvalue weighted by molar-refractivity contribution is 5.89. The lowest BCUT2D eigenvalue weighted by Gasteiger charge is -2.25. The third-order valence-corrected chi connectivity index (χ3v) is 4.11. The SMILES string of the molecule is CN(C)C(=O)CN1CCCCC(NC(=O)OCc2ccccc2)C1=O. The summed E-state index contributed by atoms with van der Waals surface area (Å²) >= 11 is 0. The molecule has 1 aromatic rings. The van der Waals surface area contributed by atoms with Gasteiger partial charge in [0.2, 0.25) is 11.8 Å². The molecule has 7 heteroatoms. The van der Waals surface area contributed by atoms with Crippen molar-refractivity contribution < 1.29 is 19.1 Å². The number of hydrogen-bond donors (Lipinski definition) is 1. The zero-order valence-electron chi connectivity index (χ0n) is 14.7. The van der Waals surface area contributed by atoms with Crippen LogP contribution in [-0.4, -0.2) is 60.9 Å². The lowest BCUT2D eigenvalue weighted by Crippen LogP contribution is -2.50. The van der Waals surface area contributed by atoms with Gasteiger partial charge in [-0.2, -0.15) is 0 Å². The first-order chi connectivity index (χ1) is 12.0. The van der Waals surface area contributed by atoms with Crippen LogP contribution < -0.4 is 5.32 Å². The van der Waals surface area contributed by atoms with Crippen molar-refractivity contribution in [2.24, 2.45) is 0 Å². The van der Waals surface area contributed by atoms with Crippen LogP contribution in [0, 0.1) is 0 Å². The highest BCUT2D eigenvalue weighted by atomic mass is 16.5. The first-order valence-corrected chi connectivity index (χ1v) is 8.43. The van der Waals surface area contributed by atoms with Crippen molar-refractivity contribution in [2.45, 2.75) is 31.9 Å². The maximum atomic E-state index is 12.6. The van der Waals surface area contributed by atoms with Crippen LogP contribution in [0.5, 0.6) is 0 Å². The molecule has 2 rings (SSSR count). The van der Waals surface area contributed by atoms with Crippen LogP contribution in [0.15, 0.2) is 30.3 Å². The molecule has 1 fully saturated rings. The molecule has 7 nitrogen and oxygen atoms in total. The molecule has 0 aromatic heterocycles. The smallest absolute Gasteiger partial charge is 0.408 e. The van der Waals surface area contributed by atoms with Gasteiger partial charge in [-0.05, 0) is 24.8 Å². The number of nitrogens with one attached hydrogen (secondary N) is 1. The van der Waals surface area contributed by atoms with Crippen LogP contribution in [-0.2, 0) is 20.9 Å². The van der Waals surface area contributed by atoms with Crippen LogP contribution in [0.4, 0.5) is 4.79 Å². The summed E-state index contributed by atoms with van der Waals surface area (Å²) in [6.07, 6.45) is 1.54. The summed E-state index contributed by atoms with van der Waals surface area (Å²) in [6, 6.07) is 8.69. The molecular weight excluding hydrogens is 322 g/mol. The molecule has 1 aromatic carbocycles. The molecule has 1 aliphatic heterocycles. The summed E-state index contributed by atoms with van der Waals surface area (Å²) in [5, 5.41) is 2.63. The van der Waals surface area contributed by atoms with Crippen LogP contribution in [0.25, 0.3) is 0 Å². The lowest BCUT2D eigenvalue weighted by molar-refractivity contribution is -0.140. The van der Waals surface area contributed by atoms with Crippen molar-refractivity contribution in [3.63, 3.8) is 0 Å². The summed E-state index contributed by atoms with van der Waals surface area (Å²) in [5.41, 5.74) is 0.878. The topological polar surface area (TPSA) is 79.0 Å². The predicted octanol–water partition coefficient (Wildman–Crippen LogP) is 1.38. The Balaban J connectivity index is 1.89. The molecule has 3 amide bonds. The quantitative estimate of drug-likeness (QED) is 0.873. The number of carbonyl (C=O) groups is 3. The summed E-state index contributed by atoms with van der Waals surface area (Å²) in [7, 11) is 3.31. The van der Waals surface area contributed by atoms with E-state index in [9.17, 15) is 14.4 Å². The van der Waals surface area contributed by atoms with Gasteiger partial charge in [-0.3, -0.25) is 9.59 Å². The standard InChI is InChI=1S/C18H25N3O4/c1-20(2)16(22)12-21-11-7-6-10-15(17(21)23)19-18(24)25-13-14-8-4-3-5-9-14/h3-5,8-9,15H,6-7,10-13H2,1-2H3,(H,19,24). The zero-order valence-corrected chi connectivity index (χ0v) is 14.7. The molecule has 25 heavy (non-hydrogen) atoms. The Morgan fingerprint density at radius 1 is 1.24 bits per heavy atom. The van der Waals surface area contributed by atoms with E-state index in [1.54, 1.807) is 14.1 Å². The predicted molar refractivity (Wildman–Crippen MR) is 92.7 cm³/mol. The molecular formula is C18H25N3O4. The number of ether oxygens (including phenoxy) is 1. The third-order valence-electron chi connectivity index (χ3n) is 4.11. The molecule has 1 atom stereocenters. The molecule has 0 radical (unpaired) electrons. The zero-order chi connectivity index (χ0) is 18.2. The summed E-state index contributed by atoms with van der Waals surface area (Å²) < 4.78 is 5.18. The van der Waals surface area contributed by atoms with E-state index >= 15 is 0 Å². The molecule has 0 bridgehead atoms. The van der Waals surface area contributed by atoms with E-state index in [1.165, 1.54) is 9.80 Å². The number of amides is 3. The Hall–Kier alpha value is -2.57. The van der Waals surface area contributed by atoms with E-state index < -0.39 is 12.1 Å². The first-order valence-electron chi connectivity index (χ1n) is 8.43. The van der Waals surface area contributed by atoms with Crippen molar-refractivity contribution in [3.8, 4) is 0 Å². The number of benzene rings is 1. The molecule has 1 heterocycles. The summed E-state index contributed by atoms with van der Waals surface area (Å²) in [4.78, 5) is 39.4. The maximum absolute atomic E-state index is 12.6. The van der Waals surface area contributed by atoms with Crippen molar-refractivity contribution in [2.75, 3.05) is 27.2 Å². The van der Waals surface area contributed by atoms with Gasteiger partial charge < -0.3 is 19.9 Å². The average molecular weight is 347 g/mol. The van der Waals surface area contributed by atoms with E-state index in [-0.39, 0.29) is 25.0 Å². The van der Waals surface area contributed by atoms with Crippen molar-refractivity contribution in [3.05, 3.63) is 35.9 Å². The van der Waals surface area contributed by atoms with Crippen molar-refractivity contribution in [1.29, 1.82) is 0 Å². The first kappa shape index (κ1) is 18.8. The molecule has 0 spiro atoms. The van der Waals surface area contributed by atoms with E-state index in [4.69, 9.17) is 4.74 Å². The molecule has 1 saturated heterocycles. The Kier molecular flexibility index (Phi) is 6.80. The molecule has 0 saturated carbocycles. The second-order valence-corrected chi connectivity index (χ2v) is 6.30. The van der Waals surface area contributed by atoms with E-state index in [2.05, 4.69) is 5.32 Å². The van der Waals surface area contributed by atoms with Gasteiger partial charge in [0, 0.05) is 20.6 Å². The average Bonchev–Trinajstić information content (AvgIpc) is 2.77.